The summed E-state index contributed by atoms with van der Waals surface area (Å²) in [6.45, 7) is 5.37. The summed E-state index contributed by atoms with van der Waals surface area (Å²) in [5.41, 5.74) is 9.39. The molecule has 4 aromatic carbocycles. The second kappa shape index (κ2) is 17.5. The molecule has 2 aromatic heterocycles. The maximum absolute atomic E-state index is 13.1. The van der Waals surface area contributed by atoms with E-state index >= 15 is 0 Å². The molecule has 0 unspecified atom stereocenters. The lowest BCUT2D eigenvalue weighted by Crippen LogP contribution is -2.45. The summed E-state index contributed by atoms with van der Waals surface area (Å²) in [5.74, 6) is -0.228. The van der Waals surface area contributed by atoms with Gasteiger partial charge in [0.1, 0.15) is 5.69 Å². The van der Waals surface area contributed by atoms with Crippen molar-refractivity contribution in [3.63, 3.8) is 0 Å². The molecule has 278 valence electrons. The monoisotopic (exact) mass is 860 g/mol. The molecule has 0 bridgehead atoms. The molecule has 8 nitrogen and oxygen atoms in total. The summed E-state index contributed by atoms with van der Waals surface area (Å²) in [6, 6.07) is 24.9. The van der Waals surface area contributed by atoms with E-state index in [9.17, 15) is 9.59 Å². The maximum atomic E-state index is 13.1. The Balaban J connectivity index is 0.000000189. The van der Waals surface area contributed by atoms with Crippen LogP contribution in [0.3, 0.4) is 0 Å². The highest BCUT2D eigenvalue weighted by Gasteiger charge is 2.25. The van der Waals surface area contributed by atoms with Gasteiger partial charge in [-0.3, -0.25) is 15.0 Å². The van der Waals surface area contributed by atoms with Crippen LogP contribution >= 0.6 is 81.2 Å². The average Bonchev–Trinajstić information content (AvgIpc) is 3.66. The number of halogens is 7. The molecule has 0 atom stereocenters. The molecule has 1 fully saturated rings. The van der Waals surface area contributed by atoms with E-state index in [0.717, 1.165) is 48.3 Å². The molecule has 1 amide bonds. The van der Waals surface area contributed by atoms with Crippen LogP contribution in [0.15, 0.2) is 84.9 Å². The van der Waals surface area contributed by atoms with Crippen LogP contribution < -0.4 is 5.43 Å². The largest absolute Gasteiger partial charge is 0.286 e. The lowest BCUT2D eigenvalue weighted by atomic mass is 10.1. The third-order valence-electron chi connectivity index (χ3n) is 8.77. The van der Waals surface area contributed by atoms with Crippen molar-refractivity contribution in [1.29, 1.82) is 0 Å². The summed E-state index contributed by atoms with van der Waals surface area (Å²) >= 11 is 42.5. The van der Waals surface area contributed by atoms with E-state index in [1.165, 1.54) is 6.42 Å². The number of hydrogen-bond donors (Lipinski definition) is 1. The molecule has 1 aliphatic rings. The van der Waals surface area contributed by atoms with Crippen molar-refractivity contribution in [2.24, 2.45) is 0 Å². The Hall–Kier alpha value is -3.57. The molecule has 3 heterocycles. The highest BCUT2D eigenvalue weighted by atomic mass is 35.5. The van der Waals surface area contributed by atoms with Crippen molar-refractivity contribution in [3.05, 3.63) is 138 Å². The first-order chi connectivity index (χ1) is 25.8. The van der Waals surface area contributed by atoms with Gasteiger partial charge in [0.15, 0.2) is 5.69 Å². The summed E-state index contributed by atoms with van der Waals surface area (Å²) in [5, 5.41) is 13.5. The molecule has 6 aromatic rings. The van der Waals surface area contributed by atoms with E-state index in [0.29, 0.717) is 58.5 Å². The molecule has 0 aliphatic carbocycles. The number of carbonyl (C=O) groups excluding carboxylic acids is 2. The zero-order chi connectivity index (χ0) is 38.7. The van der Waals surface area contributed by atoms with Crippen molar-refractivity contribution >= 4 is 92.4 Å². The van der Waals surface area contributed by atoms with Crippen LogP contribution in [0.4, 0.5) is 0 Å². The van der Waals surface area contributed by atoms with Gasteiger partial charge in [0.25, 0.3) is 11.1 Å². The first-order valence-electron chi connectivity index (χ1n) is 16.7. The van der Waals surface area contributed by atoms with Gasteiger partial charge < -0.3 is 0 Å². The molecule has 7 rings (SSSR count). The van der Waals surface area contributed by atoms with Crippen molar-refractivity contribution in [1.82, 2.24) is 30.0 Å². The van der Waals surface area contributed by atoms with Gasteiger partial charge in [0.2, 0.25) is 0 Å². The SMILES string of the molecule is Cc1c(C(=O)Cl)nn(-c2ccc(Cl)cc2Cl)c1-c1ccc(Cl)cc1.Cc1c(C(=O)NN2CCCCC2)nn(-c2ccc(Cl)cc2Cl)c1-c1ccc(Cl)cc1. The van der Waals surface area contributed by atoms with Crippen LogP contribution in [0.5, 0.6) is 0 Å². The third-order valence-corrected chi connectivity index (χ3v) is 10.5. The Bertz CT molecular complexity index is 2330. The van der Waals surface area contributed by atoms with Crippen molar-refractivity contribution in [2.45, 2.75) is 33.1 Å². The fourth-order valence-electron chi connectivity index (χ4n) is 6.14. The van der Waals surface area contributed by atoms with Gasteiger partial charge in [-0.15, -0.1) is 0 Å². The zero-order valence-corrected chi connectivity index (χ0v) is 34.1. The molecule has 0 radical (unpaired) electrons. The van der Waals surface area contributed by atoms with Gasteiger partial charge in [0.05, 0.1) is 32.8 Å². The van der Waals surface area contributed by atoms with Gasteiger partial charge in [-0.1, -0.05) is 100 Å². The number of benzene rings is 4. The fraction of sp³-hybridized carbons (Fsp3) is 0.179. The standard InChI is InChI=1S/C22H21Cl3N4O.C17H10Cl4N2O/c1-14-20(22(30)27-28-11-3-2-4-12-28)26-29(19-10-9-17(24)13-18(19)25)21(14)15-5-7-16(23)8-6-15;1-9-15(17(21)24)22-23(14-7-6-12(19)8-13(14)20)16(9)10-2-4-11(18)5-3-10/h5-10,13H,2-4,11-12H2,1H3,(H,27,30);2-8H,1H3. The van der Waals surface area contributed by atoms with Crippen LogP contribution in [0.2, 0.25) is 30.1 Å². The van der Waals surface area contributed by atoms with Crippen molar-refractivity contribution in [3.8, 4) is 33.9 Å². The number of hydrogen-bond acceptors (Lipinski definition) is 5. The highest BCUT2D eigenvalue weighted by molar-refractivity contribution is 6.67. The summed E-state index contributed by atoms with van der Waals surface area (Å²) in [4.78, 5) is 24.8. The Labute approximate surface area is 347 Å². The first kappa shape index (κ1) is 40.1. The molecule has 0 saturated carbocycles. The highest BCUT2D eigenvalue weighted by Crippen LogP contribution is 2.35. The second-order valence-electron chi connectivity index (χ2n) is 12.4. The molecular formula is C39H31Cl7N6O2. The van der Waals surface area contributed by atoms with Crippen molar-refractivity contribution in [2.75, 3.05) is 13.1 Å². The predicted octanol–water partition coefficient (Wildman–Crippen LogP) is 12.1. The van der Waals surface area contributed by atoms with E-state index in [1.54, 1.807) is 64.8 Å². The first-order valence-corrected chi connectivity index (χ1v) is 19.3. The Morgan fingerprint density at radius 3 is 1.41 bits per heavy atom. The molecule has 0 spiro atoms. The molecule has 54 heavy (non-hydrogen) atoms. The zero-order valence-electron chi connectivity index (χ0n) is 28.8. The smallest absolute Gasteiger partial charge is 0.283 e. The van der Waals surface area contributed by atoms with E-state index in [2.05, 4.69) is 15.6 Å². The maximum Gasteiger partial charge on any atom is 0.286 e. The van der Waals surface area contributed by atoms with E-state index in [4.69, 9.17) is 81.2 Å². The summed E-state index contributed by atoms with van der Waals surface area (Å²) < 4.78 is 3.29. The number of hydrazine groups is 1. The van der Waals surface area contributed by atoms with Gasteiger partial charge >= 0.3 is 0 Å². The number of nitrogens with one attached hydrogen (secondary N) is 1. The fourth-order valence-corrected chi connectivity index (χ4v) is 7.55. The van der Waals surface area contributed by atoms with Gasteiger partial charge in [-0.25, -0.2) is 14.4 Å². The van der Waals surface area contributed by atoms with E-state index in [1.807, 2.05) is 48.3 Å². The Morgan fingerprint density at radius 2 is 0.981 bits per heavy atom. The molecule has 1 N–H and O–H groups in total. The normalized spacial score (nSPS) is 13.0. The number of amides is 1. The summed E-state index contributed by atoms with van der Waals surface area (Å²) in [7, 11) is 0. The number of aromatic nitrogens is 4. The third kappa shape index (κ3) is 8.93. The molecular weight excluding hydrogens is 833 g/mol. The van der Waals surface area contributed by atoms with Crippen LogP contribution in [-0.2, 0) is 0 Å². The van der Waals surface area contributed by atoms with Crippen LogP contribution in [0.25, 0.3) is 33.9 Å². The van der Waals surface area contributed by atoms with Crippen LogP contribution in [0.1, 0.15) is 51.4 Å². The molecule has 1 aliphatic heterocycles. The lowest BCUT2D eigenvalue weighted by molar-refractivity contribution is 0.0743. The minimum absolute atomic E-state index is 0.174. The molecule has 15 heteroatoms. The van der Waals surface area contributed by atoms with E-state index < -0.39 is 5.24 Å². The quantitative estimate of drug-likeness (QED) is 0.162. The Kier molecular flexibility index (Phi) is 13.0. The topological polar surface area (TPSA) is 85.1 Å². The Morgan fingerprint density at radius 1 is 0.574 bits per heavy atom. The minimum Gasteiger partial charge on any atom is -0.283 e. The van der Waals surface area contributed by atoms with Crippen LogP contribution in [0, 0.1) is 13.8 Å². The number of piperidine rings is 1. The lowest BCUT2D eigenvalue weighted by Gasteiger charge is -2.26. The molecule has 1 saturated heterocycles. The number of rotatable bonds is 7. The minimum atomic E-state index is -0.633. The van der Waals surface area contributed by atoms with Gasteiger partial charge in [-0.05, 0) is 99.0 Å². The van der Waals surface area contributed by atoms with E-state index in [-0.39, 0.29) is 11.6 Å². The predicted molar refractivity (Wildman–Crippen MR) is 221 cm³/mol. The number of carbonyl (C=O) groups is 2. The average molecular weight is 864 g/mol. The van der Waals surface area contributed by atoms with Crippen molar-refractivity contribution < 1.29 is 9.59 Å². The van der Waals surface area contributed by atoms with Gasteiger partial charge in [-0.2, -0.15) is 10.2 Å². The second-order valence-corrected chi connectivity index (χ2v) is 15.3. The summed E-state index contributed by atoms with van der Waals surface area (Å²) in [6.07, 6.45) is 3.34. The number of nitrogens with zero attached hydrogens (tertiary/aromatic N) is 5. The van der Waals surface area contributed by atoms with Crippen LogP contribution in [-0.4, -0.2) is 48.8 Å². The van der Waals surface area contributed by atoms with Gasteiger partial charge in [0, 0.05) is 55.4 Å².